The van der Waals surface area contributed by atoms with Gasteiger partial charge in [-0.3, -0.25) is 9.59 Å². The first-order chi connectivity index (χ1) is 6.06. The van der Waals surface area contributed by atoms with Crippen molar-refractivity contribution in [1.29, 1.82) is 0 Å². The van der Waals surface area contributed by atoms with Crippen molar-refractivity contribution in [3.05, 3.63) is 0 Å². The summed E-state index contributed by atoms with van der Waals surface area (Å²) in [5, 5.41) is 8.67. The Morgan fingerprint density at radius 1 is 1.62 bits per heavy atom. The highest BCUT2D eigenvalue weighted by atomic mass is 16.4. The highest BCUT2D eigenvalue weighted by Crippen LogP contribution is 2.23. The zero-order valence-electron chi connectivity index (χ0n) is 7.56. The highest BCUT2D eigenvalue weighted by Gasteiger charge is 2.36. The smallest absolute Gasteiger partial charge is 0.306 e. The van der Waals surface area contributed by atoms with E-state index < -0.39 is 5.97 Å². The lowest BCUT2D eigenvalue weighted by atomic mass is 9.87. The van der Waals surface area contributed by atoms with E-state index >= 15 is 0 Å². The van der Waals surface area contributed by atoms with Gasteiger partial charge in [0.2, 0.25) is 5.91 Å². The minimum absolute atomic E-state index is 0.00811. The molecule has 1 saturated heterocycles. The predicted octanol–water partition coefficient (Wildman–Crippen LogP) is -0.876. The Hall–Kier alpha value is -1.10. The molecule has 1 unspecified atom stereocenters. The third-order valence-corrected chi connectivity index (χ3v) is 2.53. The number of amides is 1. The second kappa shape index (κ2) is 3.74. The van der Waals surface area contributed by atoms with Gasteiger partial charge in [-0.05, 0) is 0 Å². The van der Waals surface area contributed by atoms with Crippen molar-refractivity contribution in [3.8, 4) is 0 Å². The van der Waals surface area contributed by atoms with Gasteiger partial charge in [-0.25, -0.2) is 0 Å². The molecule has 1 fully saturated rings. The van der Waals surface area contributed by atoms with Gasteiger partial charge in [-0.2, -0.15) is 0 Å². The van der Waals surface area contributed by atoms with E-state index in [0.29, 0.717) is 13.1 Å². The highest BCUT2D eigenvalue weighted by molar-refractivity contribution is 5.79. The number of carbonyl (C=O) groups is 2. The van der Waals surface area contributed by atoms with Crippen molar-refractivity contribution in [2.75, 3.05) is 19.6 Å². The van der Waals surface area contributed by atoms with Crippen molar-refractivity contribution in [3.63, 3.8) is 0 Å². The molecule has 0 saturated carbocycles. The van der Waals surface area contributed by atoms with Crippen molar-refractivity contribution in [2.24, 2.45) is 17.6 Å². The summed E-state index contributed by atoms with van der Waals surface area (Å²) in [5.74, 6) is -1.19. The molecule has 0 radical (unpaired) electrons. The normalized spacial score (nSPS) is 19.4. The summed E-state index contributed by atoms with van der Waals surface area (Å²) in [6.07, 6.45) is 0. The summed E-state index contributed by atoms with van der Waals surface area (Å²) in [4.78, 5) is 23.1. The van der Waals surface area contributed by atoms with E-state index in [1.807, 2.05) is 0 Å². The van der Waals surface area contributed by atoms with Crippen LogP contribution in [0, 0.1) is 11.8 Å². The van der Waals surface area contributed by atoms with Gasteiger partial charge >= 0.3 is 5.97 Å². The van der Waals surface area contributed by atoms with E-state index in [9.17, 15) is 9.59 Å². The second-order valence-corrected chi connectivity index (χ2v) is 3.39. The Morgan fingerprint density at radius 2 is 2.15 bits per heavy atom. The van der Waals surface area contributed by atoms with Crippen LogP contribution in [0.1, 0.15) is 6.92 Å². The first-order valence-electron chi connectivity index (χ1n) is 4.27. The van der Waals surface area contributed by atoms with Crippen molar-refractivity contribution >= 4 is 11.9 Å². The predicted molar refractivity (Wildman–Crippen MR) is 45.9 cm³/mol. The van der Waals surface area contributed by atoms with Crippen LogP contribution in [0.4, 0.5) is 0 Å². The maximum atomic E-state index is 11.0. The number of rotatable bonds is 3. The van der Waals surface area contributed by atoms with Crippen molar-refractivity contribution < 1.29 is 14.7 Å². The van der Waals surface area contributed by atoms with Crippen LogP contribution in [-0.4, -0.2) is 41.5 Å². The van der Waals surface area contributed by atoms with E-state index in [2.05, 4.69) is 0 Å². The van der Waals surface area contributed by atoms with Crippen molar-refractivity contribution in [2.45, 2.75) is 6.92 Å². The van der Waals surface area contributed by atoms with Crippen LogP contribution in [-0.2, 0) is 9.59 Å². The summed E-state index contributed by atoms with van der Waals surface area (Å²) in [6, 6.07) is 0. The van der Waals surface area contributed by atoms with Gasteiger partial charge in [-0.1, -0.05) is 6.92 Å². The molecule has 1 heterocycles. The van der Waals surface area contributed by atoms with E-state index in [0.717, 1.165) is 0 Å². The van der Waals surface area contributed by atoms with E-state index in [-0.39, 0.29) is 24.3 Å². The van der Waals surface area contributed by atoms with Crippen LogP contribution in [0.3, 0.4) is 0 Å². The molecule has 1 rings (SSSR count). The number of nitrogens with zero attached hydrogens (tertiary/aromatic N) is 1. The van der Waals surface area contributed by atoms with Gasteiger partial charge < -0.3 is 15.7 Å². The van der Waals surface area contributed by atoms with Crippen LogP contribution >= 0.6 is 0 Å². The largest absolute Gasteiger partial charge is 0.481 e. The summed E-state index contributed by atoms with van der Waals surface area (Å²) in [5.41, 5.74) is 5.16. The number of nitrogens with two attached hydrogens (primary N) is 1. The Labute approximate surface area is 76.5 Å². The number of likely N-dealkylation sites (tertiary alicyclic amines) is 1. The van der Waals surface area contributed by atoms with Gasteiger partial charge in [-0.15, -0.1) is 0 Å². The summed E-state index contributed by atoms with van der Waals surface area (Å²) >= 11 is 0. The van der Waals surface area contributed by atoms with Gasteiger partial charge in [0.25, 0.3) is 0 Å². The zero-order valence-corrected chi connectivity index (χ0v) is 7.56. The molecule has 0 aromatic rings. The van der Waals surface area contributed by atoms with E-state index in [1.54, 1.807) is 11.8 Å². The summed E-state index contributed by atoms with van der Waals surface area (Å²) in [6.45, 7) is 2.73. The van der Waals surface area contributed by atoms with Gasteiger partial charge in [0.1, 0.15) is 0 Å². The average Bonchev–Trinajstić information content (AvgIpc) is 2.00. The molecule has 0 spiro atoms. The molecule has 5 nitrogen and oxygen atoms in total. The van der Waals surface area contributed by atoms with Crippen LogP contribution in [0.15, 0.2) is 0 Å². The molecule has 13 heavy (non-hydrogen) atoms. The van der Waals surface area contributed by atoms with Gasteiger partial charge in [0, 0.05) is 19.0 Å². The first kappa shape index (κ1) is 9.98. The second-order valence-electron chi connectivity index (χ2n) is 3.39. The quantitative estimate of drug-likeness (QED) is 0.599. The fraction of sp³-hybridized carbons (Fsp3) is 0.750. The van der Waals surface area contributed by atoms with E-state index in [4.69, 9.17) is 10.8 Å². The number of carbonyl (C=O) groups excluding carboxylic acids is 1. The Balaban J connectivity index is 2.33. The molecular weight excluding hydrogens is 172 g/mol. The molecule has 0 aromatic carbocycles. The van der Waals surface area contributed by atoms with Crippen LogP contribution in [0.25, 0.3) is 0 Å². The lowest BCUT2D eigenvalue weighted by Gasteiger charge is -2.41. The minimum atomic E-state index is -0.801. The van der Waals surface area contributed by atoms with Crippen molar-refractivity contribution in [1.82, 2.24) is 4.90 Å². The van der Waals surface area contributed by atoms with Crippen LogP contribution < -0.4 is 5.73 Å². The van der Waals surface area contributed by atoms with Crippen LogP contribution in [0.2, 0.25) is 0 Å². The fourth-order valence-electron chi connectivity index (χ4n) is 1.36. The number of hydrogen-bond donors (Lipinski definition) is 2. The topological polar surface area (TPSA) is 83.6 Å². The van der Waals surface area contributed by atoms with Gasteiger partial charge in [0.15, 0.2) is 0 Å². The number of hydrogen-bond acceptors (Lipinski definition) is 3. The van der Waals surface area contributed by atoms with Gasteiger partial charge in [0.05, 0.1) is 12.5 Å². The molecule has 0 aromatic heterocycles. The lowest BCUT2D eigenvalue weighted by Crippen LogP contribution is -2.55. The number of carboxylic acid groups (broad SMARTS) is 1. The fourth-order valence-corrected chi connectivity index (χ4v) is 1.36. The molecule has 5 heteroatoms. The maximum absolute atomic E-state index is 11.0. The van der Waals surface area contributed by atoms with E-state index in [1.165, 1.54) is 0 Å². The molecule has 3 N–H and O–H groups in total. The summed E-state index contributed by atoms with van der Waals surface area (Å²) in [7, 11) is 0. The lowest BCUT2D eigenvalue weighted by molar-refractivity contribution is -0.149. The standard InChI is InChI=1S/C8H14N2O3/c1-5(8(12)13)6-3-10(4-6)7(11)2-9/h5-6H,2-4,9H2,1H3,(H,12,13). The van der Waals surface area contributed by atoms with Crippen LogP contribution in [0.5, 0.6) is 0 Å². The third-order valence-electron chi connectivity index (χ3n) is 2.53. The number of aliphatic carboxylic acids is 1. The molecule has 1 aliphatic rings. The molecular formula is C8H14N2O3. The Kier molecular flexibility index (Phi) is 2.87. The minimum Gasteiger partial charge on any atom is -0.481 e. The zero-order chi connectivity index (χ0) is 10.0. The molecule has 1 atom stereocenters. The SMILES string of the molecule is CC(C(=O)O)C1CN(C(=O)CN)C1. The molecule has 1 aliphatic heterocycles. The Morgan fingerprint density at radius 3 is 2.54 bits per heavy atom. The monoisotopic (exact) mass is 186 g/mol. The first-order valence-corrected chi connectivity index (χ1v) is 4.27. The molecule has 1 amide bonds. The third kappa shape index (κ3) is 1.98. The number of carboxylic acids is 1. The Bertz CT molecular complexity index is 223. The molecule has 74 valence electrons. The molecule has 0 aliphatic carbocycles. The molecule has 0 bridgehead atoms. The average molecular weight is 186 g/mol. The summed E-state index contributed by atoms with van der Waals surface area (Å²) < 4.78 is 0. The maximum Gasteiger partial charge on any atom is 0.306 e.